The highest BCUT2D eigenvalue weighted by Crippen LogP contribution is 2.04. The number of aromatic nitrogens is 2. The molecule has 1 aromatic heterocycles. The Morgan fingerprint density at radius 1 is 1.41 bits per heavy atom. The van der Waals surface area contributed by atoms with Crippen molar-refractivity contribution >= 4 is 11.7 Å². The second-order valence-corrected chi connectivity index (χ2v) is 4.52. The predicted molar refractivity (Wildman–Crippen MR) is 67.7 cm³/mol. The van der Waals surface area contributed by atoms with Gasteiger partial charge in [-0.1, -0.05) is 13.8 Å². The number of nitrogens with zero attached hydrogens (tertiary/aromatic N) is 3. The second kappa shape index (κ2) is 6.18. The first kappa shape index (κ1) is 13.4. The van der Waals surface area contributed by atoms with Crippen molar-refractivity contribution in [1.82, 2.24) is 15.3 Å². The molecule has 1 unspecified atom stereocenters. The fourth-order valence-corrected chi connectivity index (χ4v) is 1.25. The molecule has 1 N–H and O–H groups in total. The van der Waals surface area contributed by atoms with Crippen LogP contribution in [0.5, 0.6) is 0 Å². The van der Waals surface area contributed by atoms with Gasteiger partial charge in [-0.3, -0.25) is 9.78 Å². The molecule has 1 aromatic rings. The molecule has 0 aliphatic rings. The Labute approximate surface area is 102 Å². The summed E-state index contributed by atoms with van der Waals surface area (Å²) in [7, 11) is 1.82. The van der Waals surface area contributed by atoms with Gasteiger partial charge in [0.25, 0.3) is 0 Å². The van der Waals surface area contributed by atoms with Crippen molar-refractivity contribution in [1.29, 1.82) is 0 Å². The molecule has 0 spiro atoms. The number of carbonyl (C=O) groups is 1. The van der Waals surface area contributed by atoms with Crippen LogP contribution in [0, 0.1) is 5.92 Å². The van der Waals surface area contributed by atoms with Crippen LogP contribution in [0.15, 0.2) is 18.6 Å². The highest BCUT2D eigenvalue weighted by Gasteiger charge is 2.13. The smallest absolute Gasteiger partial charge is 0.239 e. The van der Waals surface area contributed by atoms with Gasteiger partial charge in [-0.25, -0.2) is 4.98 Å². The van der Waals surface area contributed by atoms with E-state index in [1.54, 1.807) is 23.5 Å². The summed E-state index contributed by atoms with van der Waals surface area (Å²) in [6.45, 7) is 6.45. The topological polar surface area (TPSA) is 58.1 Å². The molecule has 5 heteroatoms. The van der Waals surface area contributed by atoms with E-state index in [4.69, 9.17) is 0 Å². The van der Waals surface area contributed by atoms with Crippen LogP contribution in [-0.2, 0) is 4.79 Å². The lowest BCUT2D eigenvalue weighted by molar-refractivity contribution is -0.120. The van der Waals surface area contributed by atoms with Crippen LogP contribution in [0.4, 0.5) is 5.82 Å². The Balaban J connectivity index is 2.47. The molecule has 0 aliphatic carbocycles. The van der Waals surface area contributed by atoms with Crippen molar-refractivity contribution in [3.8, 4) is 0 Å². The first-order valence-electron chi connectivity index (χ1n) is 5.77. The van der Waals surface area contributed by atoms with Crippen LogP contribution in [0.3, 0.4) is 0 Å². The summed E-state index contributed by atoms with van der Waals surface area (Å²) in [5, 5.41) is 2.95. The van der Waals surface area contributed by atoms with Gasteiger partial charge in [0.2, 0.25) is 5.91 Å². The number of likely N-dealkylation sites (N-methyl/N-ethyl adjacent to an activating group) is 1. The molecule has 0 bridgehead atoms. The standard InChI is InChI=1S/C12H20N4O/c1-9(2)10(3)15-12(17)8-16(4)11-7-13-5-6-14-11/h5-7,9-10H,8H2,1-4H3,(H,15,17). The first-order valence-corrected chi connectivity index (χ1v) is 5.77. The average Bonchev–Trinajstić information content (AvgIpc) is 2.29. The molecule has 0 saturated carbocycles. The normalized spacial score (nSPS) is 12.3. The maximum absolute atomic E-state index is 11.7. The summed E-state index contributed by atoms with van der Waals surface area (Å²) in [5.74, 6) is 1.12. The van der Waals surface area contributed by atoms with E-state index >= 15 is 0 Å². The molecular weight excluding hydrogens is 216 g/mol. The van der Waals surface area contributed by atoms with E-state index in [1.165, 1.54) is 0 Å². The van der Waals surface area contributed by atoms with Crippen LogP contribution in [0.25, 0.3) is 0 Å². The van der Waals surface area contributed by atoms with Crippen molar-refractivity contribution in [2.45, 2.75) is 26.8 Å². The average molecular weight is 236 g/mol. The van der Waals surface area contributed by atoms with E-state index in [0.29, 0.717) is 11.7 Å². The van der Waals surface area contributed by atoms with Crippen molar-refractivity contribution in [3.05, 3.63) is 18.6 Å². The lowest BCUT2D eigenvalue weighted by Gasteiger charge is -2.21. The van der Waals surface area contributed by atoms with E-state index in [0.717, 1.165) is 0 Å². The Morgan fingerprint density at radius 2 is 2.12 bits per heavy atom. The zero-order valence-electron chi connectivity index (χ0n) is 10.8. The minimum Gasteiger partial charge on any atom is -0.352 e. The quantitative estimate of drug-likeness (QED) is 0.831. The molecule has 0 fully saturated rings. The number of amides is 1. The molecule has 5 nitrogen and oxygen atoms in total. The van der Waals surface area contributed by atoms with Crippen LogP contribution >= 0.6 is 0 Å². The number of hydrogen-bond donors (Lipinski definition) is 1. The van der Waals surface area contributed by atoms with E-state index in [1.807, 2.05) is 14.0 Å². The number of hydrogen-bond acceptors (Lipinski definition) is 4. The Hall–Kier alpha value is -1.65. The summed E-state index contributed by atoms with van der Waals surface area (Å²) in [5.41, 5.74) is 0. The third-order valence-electron chi connectivity index (χ3n) is 2.71. The van der Waals surface area contributed by atoms with Gasteiger partial charge in [0.15, 0.2) is 0 Å². The van der Waals surface area contributed by atoms with Crippen LogP contribution in [-0.4, -0.2) is 35.5 Å². The van der Waals surface area contributed by atoms with Gasteiger partial charge >= 0.3 is 0 Å². The second-order valence-electron chi connectivity index (χ2n) is 4.52. The van der Waals surface area contributed by atoms with Gasteiger partial charge in [-0.05, 0) is 12.8 Å². The number of carbonyl (C=O) groups excluding carboxylic acids is 1. The van der Waals surface area contributed by atoms with E-state index < -0.39 is 0 Å². The first-order chi connectivity index (χ1) is 8.00. The Morgan fingerprint density at radius 3 is 2.65 bits per heavy atom. The monoisotopic (exact) mass is 236 g/mol. The number of anilines is 1. The lowest BCUT2D eigenvalue weighted by atomic mass is 10.1. The summed E-state index contributed by atoms with van der Waals surface area (Å²) in [4.78, 5) is 21.6. The zero-order chi connectivity index (χ0) is 12.8. The van der Waals surface area contributed by atoms with Crippen molar-refractivity contribution in [2.24, 2.45) is 5.92 Å². The summed E-state index contributed by atoms with van der Waals surface area (Å²) in [6, 6.07) is 0.178. The van der Waals surface area contributed by atoms with Gasteiger partial charge in [0, 0.05) is 25.5 Å². The lowest BCUT2D eigenvalue weighted by Crippen LogP contribution is -2.42. The molecule has 1 heterocycles. The summed E-state index contributed by atoms with van der Waals surface area (Å²) >= 11 is 0. The van der Waals surface area contributed by atoms with E-state index in [9.17, 15) is 4.79 Å². The van der Waals surface area contributed by atoms with Gasteiger partial charge in [-0.2, -0.15) is 0 Å². The van der Waals surface area contributed by atoms with Crippen molar-refractivity contribution < 1.29 is 4.79 Å². The largest absolute Gasteiger partial charge is 0.352 e. The maximum atomic E-state index is 11.7. The number of rotatable bonds is 5. The highest BCUT2D eigenvalue weighted by atomic mass is 16.2. The third kappa shape index (κ3) is 4.38. The van der Waals surface area contributed by atoms with E-state index in [2.05, 4.69) is 29.1 Å². The van der Waals surface area contributed by atoms with Gasteiger partial charge < -0.3 is 10.2 Å². The predicted octanol–water partition coefficient (Wildman–Crippen LogP) is 1.07. The molecule has 0 aliphatic heterocycles. The molecule has 0 saturated heterocycles. The third-order valence-corrected chi connectivity index (χ3v) is 2.71. The van der Waals surface area contributed by atoms with Crippen molar-refractivity contribution in [3.63, 3.8) is 0 Å². The Bertz CT molecular complexity index is 353. The maximum Gasteiger partial charge on any atom is 0.239 e. The number of nitrogens with one attached hydrogen (secondary N) is 1. The minimum atomic E-state index is -0.000599. The molecule has 1 amide bonds. The molecular formula is C12H20N4O. The SMILES string of the molecule is CC(C)C(C)NC(=O)CN(C)c1cnccn1. The molecule has 1 rings (SSSR count). The minimum absolute atomic E-state index is 0.000599. The molecule has 1 atom stereocenters. The van der Waals surface area contributed by atoms with Crippen LogP contribution < -0.4 is 10.2 Å². The summed E-state index contributed by atoms with van der Waals surface area (Å²) in [6.07, 6.45) is 4.86. The van der Waals surface area contributed by atoms with Crippen molar-refractivity contribution in [2.75, 3.05) is 18.5 Å². The van der Waals surface area contributed by atoms with Crippen LogP contribution in [0.1, 0.15) is 20.8 Å². The van der Waals surface area contributed by atoms with Gasteiger partial charge in [-0.15, -0.1) is 0 Å². The zero-order valence-corrected chi connectivity index (χ0v) is 10.8. The molecule has 0 aromatic carbocycles. The summed E-state index contributed by atoms with van der Waals surface area (Å²) < 4.78 is 0. The molecule has 17 heavy (non-hydrogen) atoms. The van der Waals surface area contributed by atoms with Gasteiger partial charge in [0.05, 0.1) is 12.7 Å². The van der Waals surface area contributed by atoms with E-state index in [-0.39, 0.29) is 18.5 Å². The molecule has 0 radical (unpaired) electrons. The Kier molecular flexibility index (Phi) is 4.87. The molecule has 94 valence electrons. The van der Waals surface area contributed by atoms with Crippen LogP contribution in [0.2, 0.25) is 0 Å². The van der Waals surface area contributed by atoms with Gasteiger partial charge in [0.1, 0.15) is 5.82 Å². The fraction of sp³-hybridized carbons (Fsp3) is 0.583. The fourth-order valence-electron chi connectivity index (χ4n) is 1.25. The highest BCUT2D eigenvalue weighted by molar-refractivity contribution is 5.81.